The summed E-state index contributed by atoms with van der Waals surface area (Å²) < 4.78 is 3.26. The van der Waals surface area contributed by atoms with Crippen LogP contribution in [0.5, 0.6) is 0 Å². The maximum atomic E-state index is 5.80. The molecule has 0 spiro atoms. The topological polar surface area (TPSA) is 46.0 Å². The van der Waals surface area contributed by atoms with Gasteiger partial charge in [-0.15, -0.1) is 0 Å². The number of nitrogens with zero attached hydrogens (tertiary/aromatic N) is 4. The first-order valence-electron chi connectivity index (χ1n) is 10.0. The van der Waals surface area contributed by atoms with E-state index in [0.717, 1.165) is 32.2 Å². The van der Waals surface area contributed by atoms with Gasteiger partial charge in [0.05, 0.1) is 17.8 Å². The summed E-state index contributed by atoms with van der Waals surface area (Å²) in [5.41, 5.74) is 4.37. The van der Waals surface area contributed by atoms with Gasteiger partial charge in [-0.25, -0.2) is 0 Å². The Kier molecular flexibility index (Phi) is 5.53. The second-order valence-corrected chi connectivity index (χ2v) is 8.70. The van der Waals surface area contributed by atoms with Gasteiger partial charge < -0.3 is 14.8 Å². The van der Waals surface area contributed by atoms with Crippen LogP contribution in [0.3, 0.4) is 0 Å². The number of aromatic nitrogens is 3. The van der Waals surface area contributed by atoms with E-state index in [2.05, 4.69) is 77.2 Å². The molecule has 1 saturated heterocycles. The summed E-state index contributed by atoms with van der Waals surface area (Å²) >= 11 is 9.40. The first-order chi connectivity index (χ1) is 15.2. The SMILES string of the molecule is S=C1N[C@H](c2ccccn2)[C@@H](c2cccn2-c2cccc(Br)c2)N1Cc1ccncc1. The lowest BCUT2D eigenvalue weighted by Crippen LogP contribution is -2.30. The third-order valence-electron chi connectivity index (χ3n) is 5.47. The van der Waals surface area contributed by atoms with Gasteiger partial charge in [-0.05, 0) is 72.4 Å². The van der Waals surface area contributed by atoms with E-state index in [1.54, 1.807) is 0 Å². The van der Waals surface area contributed by atoms with E-state index in [0.29, 0.717) is 6.54 Å². The summed E-state index contributed by atoms with van der Waals surface area (Å²) in [6.45, 7) is 0.687. The van der Waals surface area contributed by atoms with Gasteiger partial charge in [-0.1, -0.05) is 28.1 Å². The van der Waals surface area contributed by atoms with Crippen molar-refractivity contribution in [3.05, 3.63) is 113 Å². The summed E-state index contributed by atoms with van der Waals surface area (Å²) in [6.07, 6.45) is 7.56. The van der Waals surface area contributed by atoms with Crippen LogP contribution in [0, 0.1) is 0 Å². The molecule has 0 amide bonds. The summed E-state index contributed by atoms with van der Waals surface area (Å²) in [5, 5.41) is 4.25. The molecule has 4 heterocycles. The van der Waals surface area contributed by atoms with Crippen LogP contribution in [-0.4, -0.2) is 24.5 Å². The second-order valence-electron chi connectivity index (χ2n) is 7.39. The first-order valence-corrected chi connectivity index (χ1v) is 11.2. The molecule has 0 unspecified atom stereocenters. The Morgan fingerprint density at radius 1 is 0.968 bits per heavy atom. The number of pyridine rings is 2. The molecule has 1 aliphatic heterocycles. The van der Waals surface area contributed by atoms with E-state index < -0.39 is 0 Å². The average molecular weight is 490 g/mol. The van der Waals surface area contributed by atoms with Crippen LogP contribution < -0.4 is 5.32 Å². The highest BCUT2D eigenvalue weighted by Crippen LogP contribution is 2.40. The van der Waals surface area contributed by atoms with Crippen molar-refractivity contribution in [1.29, 1.82) is 0 Å². The van der Waals surface area contributed by atoms with Crippen molar-refractivity contribution in [2.75, 3.05) is 0 Å². The predicted octanol–water partition coefficient (Wildman–Crippen LogP) is 5.20. The number of thiocarbonyl (C=S) groups is 1. The Morgan fingerprint density at radius 3 is 2.61 bits per heavy atom. The van der Waals surface area contributed by atoms with Gasteiger partial charge in [0.2, 0.25) is 0 Å². The Hall–Kier alpha value is -3.03. The monoisotopic (exact) mass is 489 g/mol. The van der Waals surface area contributed by atoms with Crippen molar-refractivity contribution in [3.8, 4) is 5.69 Å². The normalized spacial score (nSPS) is 18.2. The third-order valence-corrected chi connectivity index (χ3v) is 6.32. The lowest BCUT2D eigenvalue weighted by atomic mass is 10.0. The molecule has 4 aromatic rings. The van der Waals surface area contributed by atoms with E-state index in [1.165, 1.54) is 0 Å². The van der Waals surface area contributed by atoms with E-state index >= 15 is 0 Å². The molecule has 1 fully saturated rings. The Morgan fingerprint density at radius 2 is 1.84 bits per heavy atom. The molecule has 31 heavy (non-hydrogen) atoms. The maximum Gasteiger partial charge on any atom is 0.170 e. The Balaban J connectivity index is 1.61. The van der Waals surface area contributed by atoms with Gasteiger partial charge in [0.25, 0.3) is 0 Å². The van der Waals surface area contributed by atoms with Crippen LogP contribution in [-0.2, 0) is 6.54 Å². The molecule has 0 aliphatic carbocycles. The number of nitrogens with one attached hydrogen (secondary N) is 1. The fraction of sp³-hybridized carbons (Fsp3) is 0.125. The van der Waals surface area contributed by atoms with Crippen molar-refractivity contribution in [2.24, 2.45) is 0 Å². The van der Waals surface area contributed by atoms with Gasteiger partial charge in [0.15, 0.2) is 5.11 Å². The molecule has 0 radical (unpaired) electrons. The number of halogens is 1. The fourth-order valence-corrected chi connectivity index (χ4v) is 4.77. The molecule has 2 atom stereocenters. The minimum atomic E-state index is -0.0589. The number of hydrogen-bond donors (Lipinski definition) is 1. The van der Waals surface area contributed by atoms with Crippen molar-refractivity contribution in [1.82, 2.24) is 24.8 Å². The maximum absolute atomic E-state index is 5.80. The average Bonchev–Trinajstić information content (AvgIpc) is 3.40. The van der Waals surface area contributed by atoms with Gasteiger partial charge >= 0.3 is 0 Å². The lowest BCUT2D eigenvalue weighted by molar-refractivity contribution is 0.302. The van der Waals surface area contributed by atoms with Gasteiger partial charge in [0.1, 0.15) is 0 Å². The van der Waals surface area contributed by atoms with E-state index in [-0.39, 0.29) is 12.1 Å². The standard InChI is InChI=1S/C24H20BrN5S/c25-18-5-3-6-19(15-18)29-14-4-8-21(29)23-22(20-7-1-2-11-27-20)28-24(31)30(23)16-17-9-12-26-13-10-17/h1-15,22-23H,16H2,(H,28,31)/t22-,23-/m1/s1. The minimum Gasteiger partial charge on any atom is -0.352 e. The Bertz CT molecular complexity index is 1190. The molecular formula is C24H20BrN5S. The lowest BCUT2D eigenvalue weighted by Gasteiger charge is -2.29. The van der Waals surface area contributed by atoms with Gasteiger partial charge in [-0.2, -0.15) is 0 Å². The van der Waals surface area contributed by atoms with E-state index in [1.807, 2.05) is 55.0 Å². The number of benzene rings is 1. The quantitative estimate of drug-likeness (QED) is 0.390. The Labute approximate surface area is 194 Å². The second kappa shape index (κ2) is 8.61. The van der Waals surface area contributed by atoms with Gasteiger partial charge in [-0.3, -0.25) is 9.97 Å². The molecule has 1 aliphatic rings. The largest absolute Gasteiger partial charge is 0.352 e. The summed E-state index contributed by atoms with van der Waals surface area (Å²) in [6, 6.07) is 22.5. The van der Waals surface area contributed by atoms with Crippen LogP contribution >= 0.6 is 28.1 Å². The highest BCUT2D eigenvalue weighted by atomic mass is 79.9. The minimum absolute atomic E-state index is 0.0236. The smallest absolute Gasteiger partial charge is 0.170 e. The molecule has 0 saturated carbocycles. The molecule has 154 valence electrons. The molecule has 5 nitrogen and oxygen atoms in total. The van der Waals surface area contributed by atoms with Crippen LogP contribution in [0.15, 0.2) is 96.0 Å². The van der Waals surface area contributed by atoms with Crippen molar-refractivity contribution >= 4 is 33.3 Å². The highest BCUT2D eigenvalue weighted by molar-refractivity contribution is 9.10. The fourth-order valence-electron chi connectivity index (χ4n) is 4.08. The molecule has 5 rings (SSSR count). The first kappa shape index (κ1) is 19.9. The van der Waals surface area contributed by atoms with E-state index in [9.17, 15) is 0 Å². The third kappa shape index (κ3) is 3.98. The summed E-state index contributed by atoms with van der Waals surface area (Å²) in [4.78, 5) is 11.0. The molecule has 1 aromatic carbocycles. The predicted molar refractivity (Wildman–Crippen MR) is 129 cm³/mol. The zero-order valence-corrected chi connectivity index (χ0v) is 19.0. The summed E-state index contributed by atoms with van der Waals surface area (Å²) in [5.74, 6) is 0. The molecule has 7 heteroatoms. The molecule has 3 aromatic heterocycles. The molecular weight excluding hydrogens is 470 g/mol. The van der Waals surface area contributed by atoms with Gasteiger partial charge in [0, 0.05) is 47.2 Å². The molecule has 0 bridgehead atoms. The molecule has 1 N–H and O–H groups in total. The van der Waals surface area contributed by atoms with Crippen LogP contribution in [0.1, 0.15) is 29.0 Å². The number of rotatable bonds is 5. The van der Waals surface area contributed by atoms with E-state index in [4.69, 9.17) is 12.2 Å². The summed E-state index contributed by atoms with van der Waals surface area (Å²) in [7, 11) is 0. The zero-order valence-electron chi connectivity index (χ0n) is 16.6. The number of hydrogen-bond acceptors (Lipinski definition) is 3. The van der Waals surface area contributed by atoms with Crippen LogP contribution in [0.4, 0.5) is 0 Å². The zero-order chi connectivity index (χ0) is 21.2. The van der Waals surface area contributed by atoms with Crippen molar-refractivity contribution in [3.63, 3.8) is 0 Å². The van der Waals surface area contributed by atoms with Crippen molar-refractivity contribution in [2.45, 2.75) is 18.6 Å². The highest BCUT2D eigenvalue weighted by Gasteiger charge is 2.41. The van der Waals surface area contributed by atoms with Crippen LogP contribution in [0.2, 0.25) is 0 Å². The van der Waals surface area contributed by atoms with Crippen molar-refractivity contribution < 1.29 is 0 Å². The van der Waals surface area contributed by atoms with Crippen LogP contribution in [0.25, 0.3) is 5.69 Å².